The fraction of sp³-hybridized carbons (Fsp3) is 0.600. The Balaban J connectivity index is 1.94. The minimum atomic E-state index is -0.951. The molecule has 1 N–H and O–H groups in total. The Bertz CT molecular complexity index is 535. The van der Waals surface area contributed by atoms with Gasteiger partial charge in [0.2, 0.25) is 5.91 Å². The van der Waals surface area contributed by atoms with Crippen LogP contribution in [-0.4, -0.2) is 58.2 Å². The highest BCUT2D eigenvalue weighted by atomic mass is 16.5. The molecule has 1 aliphatic heterocycles. The SMILES string of the molecule is Cc1cc(CC2COCCN(C(=O)CCC(=O)O)C2)ncn1. The van der Waals surface area contributed by atoms with E-state index in [0.717, 1.165) is 11.4 Å². The van der Waals surface area contributed by atoms with E-state index in [1.807, 2.05) is 13.0 Å². The Morgan fingerprint density at radius 1 is 1.41 bits per heavy atom. The van der Waals surface area contributed by atoms with Gasteiger partial charge in [-0.1, -0.05) is 0 Å². The monoisotopic (exact) mass is 307 g/mol. The van der Waals surface area contributed by atoms with E-state index in [4.69, 9.17) is 9.84 Å². The molecule has 0 aromatic carbocycles. The van der Waals surface area contributed by atoms with Crippen LogP contribution in [0, 0.1) is 12.8 Å². The van der Waals surface area contributed by atoms with E-state index in [9.17, 15) is 9.59 Å². The van der Waals surface area contributed by atoms with Crippen molar-refractivity contribution in [1.82, 2.24) is 14.9 Å². The molecule has 1 aliphatic rings. The summed E-state index contributed by atoms with van der Waals surface area (Å²) in [7, 11) is 0. The number of aromatic nitrogens is 2. The van der Waals surface area contributed by atoms with Crippen LogP contribution in [0.15, 0.2) is 12.4 Å². The molecule has 1 amide bonds. The van der Waals surface area contributed by atoms with Gasteiger partial charge in [-0.2, -0.15) is 0 Å². The zero-order valence-electron chi connectivity index (χ0n) is 12.7. The number of nitrogens with zero attached hydrogens (tertiary/aromatic N) is 3. The number of carboxylic acids is 1. The summed E-state index contributed by atoms with van der Waals surface area (Å²) in [6.07, 6.45) is 2.16. The van der Waals surface area contributed by atoms with Crippen molar-refractivity contribution in [2.45, 2.75) is 26.2 Å². The van der Waals surface area contributed by atoms with Gasteiger partial charge in [0.05, 0.1) is 19.6 Å². The molecule has 0 saturated carbocycles. The Kier molecular flexibility index (Phi) is 5.83. The summed E-state index contributed by atoms with van der Waals surface area (Å²) in [5.41, 5.74) is 1.84. The standard InChI is InChI=1S/C15H21N3O4/c1-11-6-13(17-10-16-11)7-12-8-18(4-5-22-9-12)14(19)2-3-15(20)21/h6,10,12H,2-5,7-9H2,1H3,(H,20,21). The number of hydrogen-bond donors (Lipinski definition) is 1. The normalized spacial score (nSPS) is 18.8. The number of aryl methyl sites for hydroxylation is 1. The summed E-state index contributed by atoms with van der Waals surface area (Å²) >= 11 is 0. The maximum Gasteiger partial charge on any atom is 0.303 e. The average molecular weight is 307 g/mol. The van der Waals surface area contributed by atoms with Gasteiger partial charge in [-0.3, -0.25) is 9.59 Å². The summed E-state index contributed by atoms with van der Waals surface area (Å²) in [5, 5.41) is 8.68. The number of carbonyl (C=O) groups excluding carboxylic acids is 1. The summed E-state index contributed by atoms with van der Waals surface area (Å²) in [6, 6.07) is 1.93. The van der Waals surface area contributed by atoms with Crippen LogP contribution in [0.3, 0.4) is 0 Å². The quantitative estimate of drug-likeness (QED) is 0.859. The van der Waals surface area contributed by atoms with Crippen molar-refractivity contribution >= 4 is 11.9 Å². The molecule has 1 fully saturated rings. The number of ether oxygens (including phenoxy) is 1. The van der Waals surface area contributed by atoms with Crippen molar-refractivity contribution in [1.29, 1.82) is 0 Å². The van der Waals surface area contributed by atoms with Crippen LogP contribution < -0.4 is 0 Å². The first kappa shape index (κ1) is 16.4. The molecule has 0 radical (unpaired) electrons. The Hall–Kier alpha value is -2.02. The molecule has 0 spiro atoms. The smallest absolute Gasteiger partial charge is 0.303 e. The molecule has 7 heteroatoms. The molecule has 22 heavy (non-hydrogen) atoms. The van der Waals surface area contributed by atoms with E-state index in [1.54, 1.807) is 4.90 Å². The second-order valence-electron chi connectivity index (χ2n) is 5.53. The largest absolute Gasteiger partial charge is 0.481 e. The molecule has 2 rings (SSSR count). The maximum absolute atomic E-state index is 12.1. The molecule has 1 aromatic rings. The molecule has 1 unspecified atom stereocenters. The summed E-state index contributed by atoms with van der Waals surface area (Å²) < 4.78 is 5.56. The van der Waals surface area contributed by atoms with Gasteiger partial charge in [-0.15, -0.1) is 0 Å². The lowest BCUT2D eigenvalue weighted by Gasteiger charge is -2.23. The molecular weight excluding hydrogens is 286 g/mol. The second kappa shape index (κ2) is 7.84. The molecule has 1 aromatic heterocycles. The minimum absolute atomic E-state index is 0.0364. The van der Waals surface area contributed by atoms with Crippen molar-refractivity contribution in [2.24, 2.45) is 5.92 Å². The van der Waals surface area contributed by atoms with Gasteiger partial charge < -0.3 is 14.7 Å². The van der Waals surface area contributed by atoms with Crippen LogP contribution in [0.25, 0.3) is 0 Å². The van der Waals surface area contributed by atoms with Crippen molar-refractivity contribution < 1.29 is 19.4 Å². The van der Waals surface area contributed by atoms with Gasteiger partial charge in [0.1, 0.15) is 6.33 Å². The summed E-state index contributed by atoms with van der Waals surface area (Å²) in [6.45, 7) is 4.06. The van der Waals surface area contributed by atoms with Crippen molar-refractivity contribution in [3.05, 3.63) is 23.8 Å². The number of rotatable bonds is 5. The predicted octanol–water partition coefficient (Wildman–Crippen LogP) is 0.667. The second-order valence-corrected chi connectivity index (χ2v) is 5.53. The molecule has 1 atom stereocenters. The predicted molar refractivity (Wildman–Crippen MR) is 78.2 cm³/mol. The van der Waals surface area contributed by atoms with Crippen LogP contribution in [-0.2, 0) is 20.7 Å². The fourth-order valence-electron chi connectivity index (χ4n) is 2.52. The molecule has 1 saturated heterocycles. The van der Waals surface area contributed by atoms with Crippen molar-refractivity contribution in [2.75, 3.05) is 26.3 Å². The molecule has 0 bridgehead atoms. The van der Waals surface area contributed by atoms with Gasteiger partial charge in [0, 0.05) is 36.8 Å². The lowest BCUT2D eigenvalue weighted by atomic mass is 10.0. The first-order chi connectivity index (χ1) is 10.5. The topological polar surface area (TPSA) is 92.6 Å². The van der Waals surface area contributed by atoms with Crippen LogP contribution in [0.2, 0.25) is 0 Å². The highest BCUT2D eigenvalue weighted by molar-refractivity contribution is 5.80. The zero-order chi connectivity index (χ0) is 15.9. The summed E-state index contributed by atoms with van der Waals surface area (Å²) in [4.78, 5) is 32.7. The number of aliphatic carboxylic acids is 1. The molecule has 2 heterocycles. The van der Waals surface area contributed by atoms with E-state index in [1.165, 1.54) is 6.33 Å². The molecule has 7 nitrogen and oxygen atoms in total. The maximum atomic E-state index is 12.1. The number of amides is 1. The Morgan fingerprint density at radius 2 is 2.23 bits per heavy atom. The third-order valence-corrected chi connectivity index (χ3v) is 3.60. The lowest BCUT2D eigenvalue weighted by Crippen LogP contribution is -2.36. The van der Waals surface area contributed by atoms with Gasteiger partial charge in [-0.25, -0.2) is 9.97 Å². The Morgan fingerprint density at radius 3 is 2.95 bits per heavy atom. The van der Waals surface area contributed by atoms with Crippen LogP contribution >= 0.6 is 0 Å². The Labute approximate surface area is 129 Å². The molecule has 0 aliphatic carbocycles. The van der Waals surface area contributed by atoms with E-state index in [0.29, 0.717) is 32.7 Å². The number of hydrogen-bond acceptors (Lipinski definition) is 5. The van der Waals surface area contributed by atoms with Gasteiger partial charge in [0.15, 0.2) is 0 Å². The lowest BCUT2D eigenvalue weighted by molar-refractivity contribution is -0.141. The van der Waals surface area contributed by atoms with Crippen LogP contribution in [0.1, 0.15) is 24.2 Å². The van der Waals surface area contributed by atoms with Crippen molar-refractivity contribution in [3.8, 4) is 0 Å². The van der Waals surface area contributed by atoms with E-state index < -0.39 is 5.97 Å². The summed E-state index contributed by atoms with van der Waals surface area (Å²) in [5.74, 6) is -0.922. The van der Waals surface area contributed by atoms with Gasteiger partial charge >= 0.3 is 5.97 Å². The van der Waals surface area contributed by atoms with E-state index >= 15 is 0 Å². The van der Waals surface area contributed by atoms with Gasteiger partial charge in [-0.05, 0) is 19.4 Å². The average Bonchev–Trinajstić information content (AvgIpc) is 2.70. The highest BCUT2D eigenvalue weighted by Gasteiger charge is 2.23. The first-order valence-corrected chi connectivity index (χ1v) is 7.39. The van der Waals surface area contributed by atoms with E-state index in [2.05, 4.69) is 9.97 Å². The first-order valence-electron chi connectivity index (χ1n) is 7.39. The van der Waals surface area contributed by atoms with Gasteiger partial charge in [0.25, 0.3) is 0 Å². The zero-order valence-corrected chi connectivity index (χ0v) is 12.7. The fourth-order valence-corrected chi connectivity index (χ4v) is 2.52. The minimum Gasteiger partial charge on any atom is -0.481 e. The van der Waals surface area contributed by atoms with Crippen LogP contribution in [0.5, 0.6) is 0 Å². The third-order valence-electron chi connectivity index (χ3n) is 3.60. The van der Waals surface area contributed by atoms with Crippen LogP contribution in [0.4, 0.5) is 0 Å². The number of carboxylic acid groups (broad SMARTS) is 1. The molecule has 120 valence electrons. The van der Waals surface area contributed by atoms with Crippen molar-refractivity contribution in [3.63, 3.8) is 0 Å². The van der Waals surface area contributed by atoms with E-state index in [-0.39, 0.29) is 24.7 Å². The third kappa shape index (κ3) is 5.07. The highest BCUT2D eigenvalue weighted by Crippen LogP contribution is 2.14. The molecular formula is C15H21N3O4. The number of carbonyl (C=O) groups is 2.